The molecule has 4 aliphatic heterocycles. The van der Waals surface area contributed by atoms with Crippen LogP contribution in [-0.4, -0.2) is 55.6 Å². The van der Waals surface area contributed by atoms with Crippen LogP contribution in [0, 0.1) is 11.3 Å². The molecule has 6 nitrogen and oxygen atoms in total. The zero-order valence-electron chi connectivity index (χ0n) is 16.7. The Morgan fingerprint density at radius 3 is 2.89 bits per heavy atom. The molecule has 28 heavy (non-hydrogen) atoms. The van der Waals surface area contributed by atoms with Gasteiger partial charge in [0.2, 0.25) is 0 Å². The molecular formula is C22H28N2O4. The maximum absolute atomic E-state index is 13.5. The summed E-state index contributed by atoms with van der Waals surface area (Å²) >= 11 is 0. The quantitative estimate of drug-likeness (QED) is 0.616. The maximum Gasteiger partial charge on any atom is 0.315 e. The van der Waals surface area contributed by atoms with Crippen LogP contribution >= 0.6 is 0 Å². The van der Waals surface area contributed by atoms with Crippen molar-refractivity contribution in [2.75, 3.05) is 39.2 Å². The highest BCUT2D eigenvalue weighted by atomic mass is 16.5. The lowest BCUT2D eigenvalue weighted by molar-refractivity contribution is -0.174. The van der Waals surface area contributed by atoms with E-state index in [0.717, 1.165) is 49.4 Å². The Balaban J connectivity index is 1.88. The van der Waals surface area contributed by atoms with Gasteiger partial charge in [0.05, 0.1) is 26.2 Å². The van der Waals surface area contributed by atoms with E-state index in [9.17, 15) is 9.90 Å². The largest absolute Gasteiger partial charge is 0.497 e. The van der Waals surface area contributed by atoms with Gasteiger partial charge in [-0.25, -0.2) is 0 Å². The Kier molecular flexibility index (Phi) is 3.69. The number of carbonyl (C=O) groups is 1. The van der Waals surface area contributed by atoms with Crippen molar-refractivity contribution in [3.63, 3.8) is 0 Å². The second-order valence-electron chi connectivity index (χ2n) is 8.55. The molecule has 0 amide bonds. The average molecular weight is 384 g/mol. The van der Waals surface area contributed by atoms with Gasteiger partial charge in [-0.2, -0.15) is 0 Å². The van der Waals surface area contributed by atoms with Gasteiger partial charge in [-0.3, -0.25) is 9.69 Å². The van der Waals surface area contributed by atoms with E-state index in [-0.39, 0.29) is 24.2 Å². The number of benzene rings is 1. The molecule has 0 radical (unpaired) electrons. The van der Waals surface area contributed by atoms with Crippen molar-refractivity contribution in [2.45, 2.75) is 37.3 Å². The van der Waals surface area contributed by atoms with Crippen molar-refractivity contribution in [1.29, 1.82) is 0 Å². The number of rotatable bonds is 3. The summed E-state index contributed by atoms with van der Waals surface area (Å²) < 4.78 is 10.9. The van der Waals surface area contributed by atoms with Gasteiger partial charge in [0.1, 0.15) is 16.8 Å². The number of anilines is 1. The molecule has 0 aromatic heterocycles. The molecule has 1 aliphatic carbocycles. The number of fused-ring (bicyclic) bond motifs is 3. The number of hydrogen-bond donors (Lipinski definition) is 2. The van der Waals surface area contributed by atoms with Crippen LogP contribution in [0.3, 0.4) is 0 Å². The highest BCUT2D eigenvalue weighted by molar-refractivity contribution is 5.85. The molecule has 3 saturated heterocycles. The first-order chi connectivity index (χ1) is 13.5. The SMILES string of the molecule is C/C=C1\CN2CC[C@@]34c5cc(OC)ccc5NC23CC[C@@H]1[C@@]4(CO)C(=O)OC. The minimum atomic E-state index is -1.02. The Labute approximate surface area is 165 Å². The van der Waals surface area contributed by atoms with E-state index in [2.05, 4.69) is 22.4 Å². The third kappa shape index (κ3) is 1.67. The molecule has 6 heteroatoms. The summed E-state index contributed by atoms with van der Waals surface area (Å²) in [4.78, 5) is 16.0. The fourth-order valence-electron chi connectivity index (χ4n) is 7.16. The predicted octanol–water partition coefficient (Wildman–Crippen LogP) is 2.28. The maximum atomic E-state index is 13.5. The van der Waals surface area contributed by atoms with E-state index in [1.54, 1.807) is 7.11 Å². The normalized spacial score (nSPS) is 41.2. The molecule has 5 aliphatic rings. The van der Waals surface area contributed by atoms with Crippen LogP contribution in [0.15, 0.2) is 29.8 Å². The topological polar surface area (TPSA) is 71.0 Å². The Morgan fingerprint density at radius 2 is 2.21 bits per heavy atom. The number of carbonyl (C=O) groups excluding carboxylic acids is 1. The van der Waals surface area contributed by atoms with Gasteiger partial charge >= 0.3 is 5.97 Å². The number of esters is 1. The first-order valence-corrected chi connectivity index (χ1v) is 10.1. The van der Waals surface area contributed by atoms with E-state index in [4.69, 9.17) is 9.47 Å². The third-order valence-corrected chi connectivity index (χ3v) is 8.17. The molecule has 4 fully saturated rings. The van der Waals surface area contributed by atoms with Crippen molar-refractivity contribution in [2.24, 2.45) is 11.3 Å². The Morgan fingerprint density at radius 1 is 1.39 bits per heavy atom. The summed E-state index contributed by atoms with van der Waals surface area (Å²) in [6.07, 6.45) is 4.73. The number of ether oxygens (including phenoxy) is 2. The summed E-state index contributed by atoms with van der Waals surface area (Å²) in [5.74, 6) is 0.436. The number of methoxy groups -OCH3 is 2. The molecule has 4 heterocycles. The summed E-state index contributed by atoms with van der Waals surface area (Å²) in [6, 6.07) is 6.06. The molecule has 5 atom stereocenters. The Bertz CT molecular complexity index is 883. The number of nitrogens with zero attached hydrogens (tertiary/aromatic N) is 1. The highest BCUT2D eigenvalue weighted by Crippen LogP contribution is 2.72. The summed E-state index contributed by atoms with van der Waals surface area (Å²) in [5, 5.41) is 14.7. The molecule has 1 aromatic carbocycles. The highest BCUT2D eigenvalue weighted by Gasteiger charge is 2.80. The van der Waals surface area contributed by atoms with Gasteiger partial charge < -0.3 is 19.9 Å². The average Bonchev–Trinajstić information content (AvgIpc) is 3.12. The van der Waals surface area contributed by atoms with Gasteiger partial charge in [0, 0.05) is 24.7 Å². The zero-order valence-corrected chi connectivity index (χ0v) is 16.7. The van der Waals surface area contributed by atoms with E-state index >= 15 is 0 Å². The molecule has 2 N–H and O–H groups in total. The Hall–Kier alpha value is -2.05. The molecule has 6 rings (SSSR count). The van der Waals surface area contributed by atoms with Gasteiger partial charge in [0.25, 0.3) is 0 Å². The van der Waals surface area contributed by atoms with Gasteiger partial charge in [-0.05, 0) is 49.9 Å². The van der Waals surface area contributed by atoms with Crippen LogP contribution in [0.5, 0.6) is 5.75 Å². The van der Waals surface area contributed by atoms with E-state index < -0.39 is 10.8 Å². The fraction of sp³-hybridized carbons (Fsp3) is 0.591. The monoisotopic (exact) mass is 384 g/mol. The van der Waals surface area contributed by atoms with Crippen LogP contribution < -0.4 is 10.1 Å². The lowest BCUT2D eigenvalue weighted by atomic mass is 9.46. The summed E-state index contributed by atoms with van der Waals surface area (Å²) in [5.41, 5.74) is 1.39. The minimum Gasteiger partial charge on any atom is -0.497 e. The second kappa shape index (κ2) is 5.74. The lowest BCUT2D eigenvalue weighted by Gasteiger charge is -2.57. The lowest BCUT2D eigenvalue weighted by Crippen LogP contribution is -2.70. The van der Waals surface area contributed by atoms with Crippen LogP contribution in [-0.2, 0) is 14.9 Å². The van der Waals surface area contributed by atoms with Crippen LogP contribution in [0.4, 0.5) is 5.69 Å². The summed E-state index contributed by atoms with van der Waals surface area (Å²) in [7, 11) is 3.10. The zero-order chi connectivity index (χ0) is 19.7. The van der Waals surface area contributed by atoms with Crippen molar-refractivity contribution >= 4 is 11.7 Å². The van der Waals surface area contributed by atoms with Gasteiger partial charge in [-0.1, -0.05) is 11.6 Å². The van der Waals surface area contributed by atoms with Crippen LogP contribution in [0.1, 0.15) is 31.7 Å². The van der Waals surface area contributed by atoms with Crippen LogP contribution in [0.25, 0.3) is 0 Å². The second-order valence-corrected chi connectivity index (χ2v) is 8.55. The predicted molar refractivity (Wildman–Crippen MR) is 105 cm³/mol. The van der Waals surface area contributed by atoms with E-state index in [1.165, 1.54) is 12.7 Å². The number of hydrogen-bond acceptors (Lipinski definition) is 6. The molecule has 2 unspecified atom stereocenters. The number of nitrogens with one attached hydrogen (secondary N) is 1. The first-order valence-electron chi connectivity index (χ1n) is 10.1. The minimum absolute atomic E-state index is 0.0349. The van der Waals surface area contributed by atoms with E-state index in [0.29, 0.717) is 0 Å². The fourth-order valence-corrected chi connectivity index (χ4v) is 7.16. The number of allylic oxidation sites excluding steroid dienone is 1. The van der Waals surface area contributed by atoms with Crippen molar-refractivity contribution in [1.82, 2.24) is 4.90 Å². The summed E-state index contributed by atoms with van der Waals surface area (Å²) in [6.45, 7) is 3.51. The van der Waals surface area contributed by atoms with Gasteiger partial charge in [0.15, 0.2) is 0 Å². The van der Waals surface area contributed by atoms with Crippen LogP contribution in [0.2, 0.25) is 0 Å². The van der Waals surface area contributed by atoms with Gasteiger partial charge in [-0.15, -0.1) is 0 Å². The van der Waals surface area contributed by atoms with Crippen molar-refractivity contribution in [3.8, 4) is 5.75 Å². The third-order valence-electron chi connectivity index (χ3n) is 8.17. The molecule has 1 aromatic rings. The first kappa shape index (κ1) is 18.0. The van der Waals surface area contributed by atoms with Crippen molar-refractivity contribution < 1.29 is 19.4 Å². The molecule has 150 valence electrons. The van der Waals surface area contributed by atoms with Crippen molar-refractivity contribution in [3.05, 3.63) is 35.4 Å². The smallest absolute Gasteiger partial charge is 0.315 e. The molecule has 1 saturated carbocycles. The number of aliphatic hydroxyl groups is 1. The van der Waals surface area contributed by atoms with E-state index in [1.807, 2.05) is 19.1 Å². The molecule has 1 spiro atoms. The number of aliphatic hydroxyl groups excluding tert-OH is 1. The standard InChI is InChI=1S/C22H28N2O4/c1-4-14-12-24-10-9-21-17-11-15(27-2)5-6-18(17)23-22(21,24)8-7-16(14)20(21,13-25)19(26)28-3/h4-6,11,16,23,25H,7-10,12-13H2,1-3H3/b14-4+/t16-,20-,21-,22?/m0/s1. The molecular weight excluding hydrogens is 356 g/mol. The molecule has 4 bridgehead atoms.